The fraction of sp³-hybridized carbons (Fsp3) is 0.222. The maximum absolute atomic E-state index is 13.6. The number of halogens is 5. The second kappa shape index (κ2) is 10.7. The second-order valence-electron chi connectivity index (χ2n) is 9.08. The van der Waals surface area contributed by atoms with Gasteiger partial charge in [0.05, 0.1) is 11.1 Å². The molecule has 0 aliphatic heterocycles. The van der Waals surface area contributed by atoms with Crippen molar-refractivity contribution in [1.82, 2.24) is 9.88 Å². The Bertz CT molecular complexity index is 1630. The van der Waals surface area contributed by atoms with Crippen LogP contribution in [0.5, 0.6) is 5.75 Å². The molecule has 0 aliphatic rings. The third-order valence-electron chi connectivity index (χ3n) is 5.96. The Kier molecular flexibility index (Phi) is 7.69. The topological polar surface area (TPSA) is 77.4 Å². The van der Waals surface area contributed by atoms with Gasteiger partial charge in [0.15, 0.2) is 11.6 Å². The maximum atomic E-state index is 13.6. The summed E-state index contributed by atoms with van der Waals surface area (Å²) in [7, 11) is -5.92. The van der Waals surface area contributed by atoms with Gasteiger partial charge in [-0.25, -0.2) is 8.78 Å². The van der Waals surface area contributed by atoms with E-state index in [4.69, 9.17) is 0 Å². The van der Waals surface area contributed by atoms with E-state index in [1.807, 2.05) is 32.0 Å². The number of amides is 1. The zero-order chi connectivity index (χ0) is 28.5. The highest BCUT2D eigenvalue weighted by Crippen LogP contribution is 2.36. The summed E-state index contributed by atoms with van der Waals surface area (Å²) in [5.74, 6) is -3.48. The molecule has 39 heavy (non-hydrogen) atoms. The van der Waals surface area contributed by atoms with Gasteiger partial charge >= 0.3 is 15.6 Å². The summed E-state index contributed by atoms with van der Waals surface area (Å²) in [6, 6.07) is 15.8. The zero-order valence-electron chi connectivity index (χ0n) is 20.7. The first kappa shape index (κ1) is 28.1. The van der Waals surface area contributed by atoms with E-state index < -0.39 is 38.9 Å². The Hall–Kier alpha value is -3.93. The van der Waals surface area contributed by atoms with E-state index in [1.54, 1.807) is 16.7 Å². The summed E-state index contributed by atoms with van der Waals surface area (Å²) in [6.07, 6.45) is 0. The summed E-state index contributed by atoms with van der Waals surface area (Å²) in [5, 5.41) is 3.02. The van der Waals surface area contributed by atoms with Crippen molar-refractivity contribution in [2.75, 3.05) is 0 Å². The van der Waals surface area contributed by atoms with Gasteiger partial charge in [-0.15, -0.1) is 0 Å². The van der Waals surface area contributed by atoms with Gasteiger partial charge < -0.3 is 14.1 Å². The maximum Gasteiger partial charge on any atom is 0.534 e. The summed E-state index contributed by atoms with van der Waals surface area (Å²) >= 11 is 0. The number of carbonyl (C=O) groups is 1. The van der Waals surface area contributed by atoms with Gasteiger partial charge in [-0.05, 0) is 41.3 Å². The van der Waals surface area contributed by atoms with Gasteiger partial charge in [-0.2, -0.15) is 21.6 Å². The standard InChI is InChI=1S/C27H23F5N2O4S/c1-16(2)25-24(26(35)33-14-18-8-11-21(28)22(29)12-18)20-10-9-19(38-39(36,37)27(30,31)32)13-23(20)34(25)15-17-6-4-3-5-7-17/h3-13,16H,14-15H2,1-2H3,(H,33,35). The number of nitrogens with one attached hydrogen (secondary N) is 1. The summed E-state index contributed by atoms with van der Waals surface area (Å²) in [5.41, 5.74) is -3.47. The van der Waals surface area contributed by atoms with Gasteiger partial charge in [0.1, 0.15) is 5.75 Å². The quantitative estimate of drug-likeness (QED) is 0.155. The lowest BCUT2D eigenvalue weighted by Crippen LogP contribution is -2.28. The predicted molar refractivity (Wildman–Crippen MR) is 135 cm³/mol. The van der Waals surface area contributed by atoms with Crippen molar-refractivity contribution in [2.45, 2.75) is 38.4 Å². The van der Waals surface area contributed by atoms with Gasteiger partial charge in [-0.1, -0.05) is 50.2 Å². The predicted octanol–water partition coefficient (Wildman–Crippen LogP) is 6.25. The lowest BCUT2D eigenvalue weighted by atomic mass is 10.0. The van der Waals surface area contributed by atoms with E-state index in [0.717, 1.165) is 29.8 Å². The normalized spacial score (nSPS) is 12.2. The molecule has 0 aliphatic carbocycles. The van der Waals surface area contributed by atoms with Crippen LogP contribution >= 0.6 is 0 Å². The Morgan fingerprint density at radius 3 is 2.26 bits per heavy atom. The van der Waals surface area contributed by atoms with Crippen LogP contribution < -0.4 is 9.50 Å². The van der Waals surface area contributed by atoms with Gasteiger partial charge in [0.2, 0.25) is 0 Å². The fourth-order valence-corrected chi connectivity index (χ4v) is 4.72. The number of nitrogens with zero attached hydrogens (tertiary/aromatic N) is 1. The number of rotatable bonds is 8. The highest BCUT2D eigenvalue weighted by atomic mass is 32.2. The molecule has 1 aromatic heterocycles. The Balaban J connectivity index is 1.82. The Morgan fingerprint density at radius 2 is 1.64 bits per heavy atom. The third kappa shape index (κ3) is 5.90. The molecular formula is C27H23F5N2O4S. The van der Waals surface area contributed by atoms with E-state index in [1.165, 1.54) is 12.1 Å². The van der Waals surface area contributed by atoms with Crippen LogP contribution in [0.15, 0.2) is 66.7 Å². The molecule has 0 bridgehead atoms. The molecule has 1 amide bonds. The van der Waals surface area contributed by atoms with Crippen molar-refractivity contribution in [1.29, 1.82) is 0 Å². The van der Waals surface area contributed by atoms with Crippen molar-refractivity contribution < 1.29 is 39.3 Å². The van der Waals surface area contributed by atoms with Crippen LogP contribution in [0.4, 0.5) is 22.0 Å². The molecular weight excluding hydrogens is 543 g/mol. The minimum absolute atomic E-state index is 0.121. The number of carbonyl (C=O) groups excluding carboxylic acids is 1. The molecule has 0 unspecified atom stereocenters. The largest absolute Gasteiger partial charge is 0.534 e. The van der Waals surface area contributed by atoms with E-state index in [0.29, 0.717) is 16.6 Å². The molecule has 3 aromatic carbocycles. The average Bonchev–Trinajstić information content (AvgIpc) is 3.18. The van der Waals surface area contributed by atoms with E-state index in [9.17, 15) is 35.2 Å². The van der Waals surface area contributed by atoms with E-state index in [-0.39, 0.29) is 30.1 Å². The molecule has 4 rings (SSSR count). The Morgan fingerprint density at radius 1 is 0.949 bits per heavy atom. The van der Waals surface area contributed by atoms with Crippen molar-refractivity contribution in [3.8, 4) is 5.75 Å². The number of alkyl halides is 3. The highest BCUT2D eigenvalue weighted by Gasteiger charge is 2.48. The molecule has 0 radical (unpaired) electrons. The summed E-state index contributed by atoms with van der Waals surface area (Å²) < 4.78 is 95.0. The van der Waals surface area contributed by atoms with Crippen LogP contribution in [0.3, 0.4) is 0 Å². The lowest BCUT2D eigenvalue weighted by Gasteiger charge is -2.16. The summed E-state index contributed by atoms with van der Waals surface area (Å²) in [4.78, 5) is 13.5. The molecule has 12 heteroatoms. The Labute approximate surface area is 221 Å². The monoisotopic (exact) mass is 566 g/mol. The molecule has 6 nitrogen and oxygen atoms in total. The first-order chi connectivity index (χ1) is 18.3. The molecule has 1 N–H and O–H groups in total. The molecule has 4 aromatic rings. The lowest BCUT2D eigenvalue weighted by molar-refractivity contribution is -0.0500. The van der Waals surface area contributed by atoms with Crippen LogP contribution in [0.25, 0.3) is 10.9 Å². The van der Waals surface area contributed by atoms with Crippen molar-refractivity contribution in [3.05, 3.63) is 101 Å². The number of aromatic nitrogens is 1. The van der Waals surface area contributed by atoms with Crippen molar-refractivity contribution in [3.63, 3.8) is 0 Å². The fourth-order valence-electron chi connectivity index (χ4n) is 4.27. The first-order valence-corrected chi connectivity index (χ1v) is 13.1. The van der Waals surface area contributed by atoms with Gasteiger partial charge in [0, 0.05) is 30.2 Å². The number of fused-ring (bicyclic) bond motifs is 1. The average molecular weight is 567 g/mol. The van der Waals surface area contributed by atoms with Crippen LogP contribution in [0.1, 0.15) is 46.9 Å². The molecule has 1 heterocycles. The van der Waals surface area contributed by atoms with Crippen molar-refractivity contribution in [2.24, 2.45) is 0 Å². The molecule has 0 saturated heterocycles. The van der Waals surface area contributed by atoms with Crippen LogP contribution in [0.2, 0.25) is 0 Å². The second-order valence-corrected chi connectivity index (χ2v) is 10.6. The minimum Gasteiger partial charge on any atom is -0.376 e. The minimum atomic E-state index is -5.92. The number of benzene rings is 3. The third-order valence-corrected chi connectivity index (χ3v) is 6.94. The highest BCUT2D eigenvalue weighted by molar-refractivity contribution is 7.88. The smallest absolute Gasteiger partial charge is 0.376 e. The first-order valence-electron chi connectivity index (χ1n) is 11.7. The number of hydrogen-bond acceptors (Lipinski definition) is 4. The zero-order valence-corrected chi connectivity index (χ0v) is 21.5. The van der Waals surface area contributed by atoms with Crippen LogP contribution in [0, 0.1) is 11.6 Å². The van der Waals surface area contributed by atoms with Gasteiger partial charge in [0.25, 0.3) is 5.91 Å². The van der Waals surface area contributed by atoms with Crippen LogP contribution in [-0.2, 0) is 23.2 Å². The number of hydrogen-bond donors (Lipinski definition) is 1. The SMILES string of the molecule is CC(C)c1c(C(=O)NCc2ccc(F)c(F)c2)c2ccc(OS(=O)(=O)C(F)(F)F)cc2n1Cc1ccccc1. The van der Waals surface area contributed by atoms with E-state index >= 15 is 0 Å². The molecule has 0 saturated carbocycles. The molecule has 0 fully saturated rings. The summed E-state index contributed by atoms with van der Waals surface area (Å²) in [6.45, 7) is 3.75. The molecule has 206 valence electrons. The van der Waals surface area contributed by atoms with Gasteiger partial charge in [-0.3, -0.25) is 4.79 Å². The molecule has 0 spiro atoms. The van der Waals surface area contributed by atoms with Crippen molar-refractivity contribution >= 4 is 26.9 Å². The van der Waals surface area contributed by atoms with E-state index in [2.05, 4.69) is 9.50 Å². The van der Waals surface area contributed by atoms with Crippen LogP contribution in [-0.4, -0.2) is 24.4 Å². The molecule has 0 atom stereocenters.